The molecule has 2 aromatic heterocycles. The molecule has 0 bridgehead atoms. The quantitative estimate of drug-likeness (QED) is 0.375. The lowest BCUT2D eigenvalue weighted by Crippen LogP contribution is -2.50. The third kappa shape index (κ3) is 4.73. The van der Waals surface area contributed by atoms with E-state index in [9.17, 15) is 24.4 Å². The standard InChI is InChI=1S/C28H31N5O5/c1-19-6-5-9-24(33(19)38)23-17-31(28(37)29(2)27(23)36)18-26(35)30-13-11-22(12-14-30)32-15-10-20-7-3-4-8-21(20)16-25(32)34/h3-9,17,22H,10-16,18H2,1-2H3. The van der Waals surface area contributed by atoms with Gasteiger partial charge in [0.15, 0.2) is 5.69 Å². The maximum absolute atomic E-state index is 13.2. The van der Waals surface area contributed by atoms with E-state index in [1.165, 1.54) is 29.4 Å². The van der Waals surface area contributed by atoms with E-state index in [4.69, 9.17) is 0 Å². The van der Waals surface area contributed by atoms with Crippen LogP contribution in [0.25, 0.3) is 11.3 Å². The Hall–Kier alpha value is -4.21. The summed E-state index contributed by atoms with van der Waals surface area (Å²) >= 11 is 0. The molecule has 0 saturated carbocycles. The largest absolute Gasteiger partial charge is 0.618 e. The highest BCUT2D eigenvalue weighted by molar-refractivity contribution is 5.80. The Bertz CT molecular complexity index is 1520. The van der Waals surface area contributed by atoms with Gasteiger partial charge in [0.05, 0.1) is 6.42 Å². The number of hydrogen-bond donors (Lipinski definition) is 0. The smallest absolute Gasteiger partial charge is 0.331 e. The first-order valence-electron chi connectivity index (χ1n) is 12.9. The van der Waals surface area contributed by atoms with E-state index in [-0.39, 0.29) is 35.7 Å². The van der Waals surface area contributed by atoms with E-state index < -0.39 is 11.2 Å². The fraction of sp³-hybridized carbons (Fsp3) is 0.393. The molecular weight excluding hydrogens is 486 g/mol. The molecular formula is C28H31N5O5. The summed E-state index contributed by atoms with van der Waals surface area (Å²) in [7, 11) is 1.34. The number of piperidine rings is 1. The predicted octanol–water partition coefficient (Wildman–Crippen LogP) is 0.774. The number of pyridine rings is 1. The molecule has 0 spiro atoms. The van der Waals surface area contributed by atoms with Crippen LogP contribution in [-0.2, 0) is 36.0 Å². The van der Waals surface area contributed by atoms with Crippen LogP contribution >= 0.6 is 0 Å². The highest BCUT2D eigenvalue weighted by Gasteiger charge is 2.31. The Morgan fingerprint density at radius 3 is 2.45 bits per heavy atom. The van der Waals surface area contributed by atoms with Gasteiger partial charge in [-0.3, -0.25) is 23.5 Å². The third-order valence-corrected chi connectivity index (χ3v) is 7.73. The van der Waals surface area contributed by atoms with Crippen molar-refractivity contribution >= 4 is 11.8 Å². The molecule has 2 amide bonds. The second-order valence-electron chi connectivity index (χ2n) is 10.1. The highest BCUT2D eigenvalue weighted by atomic mass is 16.5. The minimum Gasteiger partial charge on any atom is -0.618 e. The van der Waals surface area contributed by atoms with E-state index in [1.807, 2.05) is 23.1 Å². The van der Waals surface area contributed by atoms with E-state index >= 15 is 0 Å². The number of benzene rings is 1. The summed E-state index contributed by atoms with van der Waals surface area (Å²) in [4.78, 5) is 55.4. The Balaban J connectivity index is 1.28. The lowest BCUT2D eigenvalue weighted by molar-refractivity contribution is -0.600. The molecule has 3 aromatic rings. The number of aryl methyl sites for hydroxylation is 1. The van der Waals surface area contributed by atoms with Gasteiger partial charge in [-0.1, -0.05) is 24.3 Å². The molecule has 0 N–H and O–H groups in total. The van der Waals surface area contributed by atoms with E-state index in [0.717, 1.165) is 16.6 Å². The molecule has 38 heavy (non-hydrogen) atoms. The van der Waals surface area contributed by atoms with Crippen molar-refractivity contribution in [3.05, 3.63) is 91.5 Å². The van der Waals surface area contributed by atoms with Crippen molar-refractivity contribution in [2.45, 2.75) is 45.2 Å². The first-order chi connectivity index (χ1) is 18.2. The van der Waals surface area contributed by atoms with Crippen LogP contribution in [0.2, 0.25) is 0 Å². The van der Waals surface area contributed by atoms with E-state index in [1.54, 1.807) is 24.0 Å². The minimum absolute atomic E-state index is 0.0537. The van der Waals surface area contributed by atoms with Gasteiger partial charge in [-0.25, -0.2) is 4.79 Å². The average molecular weight is 518 g/mol. The summed E-state index contributed by atoms with van der Waals surface area (Å²) in [5, 5.41) is 12.5. The number of rotatable bonds is 4. The minimum atomic E-state index is -0.623. The van der Waals surface area contributed by atoms with Gasteiger partial charge in [-0.15, -0.1) is 0 Å². The summed E-state index contributed by atoms with van der Waals surface area (Å²) in [5.41, 5.74) is 1.66. The third-order valence-electron chi connectivity index (χ3n) is 7.73. The Morgan fingerprint density at radius 1 is 1.00 bits per heavy atom. The van der Waals surface area contributed by atoms with Crippen molar-refractivity contribution < 1.29 is 14.3 Å². The summed E-state index contributed by atoms with van der Waals surface area (Å²) in [6.07, 6.45) is 3.86. The van der Waals surface area contributed by atoms with Crippen LogP contribution in [0.15, 0.2) is 58.3 Å². The van der Waals surface area contributed by atoms with Gasteiger partial charge in [0.2, 0.25) is 17.5 Å². The number of likely N-dealkylation sites (tertiary alicyclic amines) is 1. The number of amides is 2. The van der Waals surface area contributed by atoms with Gasteiger partial charge in [0.1, 0.15) is 12.1 Å². The number of nitrogens with zero attached hydrogens (tertiary/aromatic N) is 5. The molecule has 1 aromatic carbocycles. The molecule has 1 saturated heterocycles. The van der Waals surface area contributed by atoms with Crippen molar-refractivity contribution in [3.63, 3.8) is 0 Å². The van der Waals surface area contributed by atoms with Gasteiger partial charge >= 0.3 is 5.69 Å². The first kappa shape index (κ1) is 25.4. The zero-order valence-corrected chi connectivity index (χ0v) is 21.6. The fourth-order valence-corrected chi connectivity index (χ4v) is 5.48. The zero-order chi connectivity index (χ0) is 27.0. The molecule has 0 aliphatic carbocycles. The Labute approximate surface area is 219 Å². The number of fused-ring (bicyclic) bond motifs is 1. The van der Waals surface area contributed by atoms with Gasteiger partial charge < -0.3 is 15.0 Å². The van der Waals surface area contributed by atoms with Crippen molar-refractivity contribution in [2.75, 3.05) is 19.6 Å². The van der Waals surface area contributed by atoms with Crippen molar-refractivity contribution in [3.8, 4) is 11.3 Å². The second-order valence-corrected chi connectivity index (χ2v) is 10.1. The number of carbonyl (C=O) groups is 2. The number of carbonyl (C=O) groups excluding carboxylic acids is 2. The van der Waals surface area contributed by atoms with Crippen molar-refractivity contribution in [1.29, 1.82) is 0 Å². The van der Waals surface area contributed by atoms with E-state index in [2.05, 4.69) is 6.07 Å². The van der Waals surface area contributed by atoms with Crippen LogP contribution in [-0.4, -0.2) is 56.4 Å². The normalized spacial score (nSPS) is 16.3. The van der Waals surface area contributed by atoms with Crippen LogP contribution in [0.3, 0.4) is 0 Å². The molecule has 1 fully saturated rings. The molecule has 0 unspecified atom stereocenters. The molecule has 10 heteroatoms. The van der Waals surface area contributed by atoms with Crippen molar-refractivity contribution in [1.82, 2.24) is 18.9 Å². The summed E-state index contributed by atoms with van der Waals surface area (Å²) < 4.78 is 2.74. The number of aromatic nitrogens is 3. The Kier molecular flexibility index (Phi) is 6.88. The van der Waals surface area contributed by atoms with Crippen LogP contribution in [0.4, 0.5) is 0 Å². The molecule has 10 nitrogen and oxygen atoms in total. The molecule has 0 radical (unpaired) electrons. The second kappa shape index (κ2) is 10.3. The van der Waals surface area contributed by atoms with Crippen LogP contribution in [0.1, 0.15) is 29.7 Å². The Morgan fingerprint density at radius 2 is 1.71 bits per heavy atom. The highest BCUT2D eigenvalue weighted by Crippen LogP contribution is 2.23. The van der Waals surface area contributed by atoms with Gasteiger partial charge in [-0.2, -0.15) is 4.73 Å². The molecule has 2 aliphatic heterocycles. The van der Waals surface area contributed by atoms with Gasteiger partial charge in [-0.05, 0) is 36.5 Å². The molecule has 2 aliphatic rings. The van der Waals surface area contributed by atoms with Crippen LogP contribution in [0, 0.1) is 12.1 Å². The molecule has 0 atom stereocenters. The molecule has 5 rings (SSSR count). The van der Waals surface area contributed by atoms with Crippen LogP contribution in [0.5, 0.6) is 0 Å². The van der Waals surface area contributed by atoms with Crippen molar-refractivity contribution in [2.24, 2.45) is 7.05 Å². The topological polar surface area (TPSA) is 112 Å². The maximum atomic E-state index is 13.2. The SMILES string of the molecule is Cc1cccc(-c2cn(CC(=O)N3CCC(N4CCc5ccccc5CC4=O)CC3)c(=O)n(C)c2=O)[n+]1[O-]. The fourth-order valence-electron chi connectivity index (χ4n) is 5.48. The van der Waals surface area contributed by atoms with Gasteiger partial charge in [0, 0.05) is 58.0 Å². The lowest BCUT2D eigenvalue weighted by atomic mass is 10.0. The first-order valence-corrected chi connectivity index (χ1v) is 12.9. The summed E-state index contributed by atoms with van der Waals surface area (Å²) in [5.74, 6) is -0.125. The molecule has 4 heterocycles. The van der Waals surface area contributed by atoms with Crippen LogP contribution < -0.4 is 16.0 Å². The predicted molar refractivity (Wildman–Crippen MR) is 140 cm³/mol. The zero-order valence-electron chi connectivity index (χ0n) is 21.6. The maximum Gasteiger partial charge on any atom is 0.331 e. The molecule has 198 valence electrons. The lowest BCUT2D eigenvalue weighted by Gasteiger charge is -2.38. The average Bonchev–Trinajstić information content (AvgIpc) is 3.09. The number of hydrogen-bond acceptors (Lipinski definition) is 5. The summed E-state index contributed by atoms with van der Waals surface area (Å²) in [6.45, 7) is 3.01. The van der Waals surface area contributed by atoms with E-state index in [0.29, 0.717) is 49.3 Å². The van der Waals surface area contributed by atoms with Gasteiger partial charge in [0.25, 0.3) is 5.56 Å². The summed E-state index contributed by atoms with van der Waals surface area (Å²) in [6, 6.07) is 12.9. The monoisotopic (exact) mass is 517 g/mol.